The van der Waals surface area contributed by atoms with Crippen molar-refractivity contribution in [3.8, 4) is 0 Å². The van der Waals surface area contributed by atoms with Gasteiger partial charge in [0.2, 0.25) is 0 Å². The van der Waals surface area contributed by atoms with E-state index >= 15 is 0 Å². The van der Waals surface area contributed by atoms with Gasteiger partial charge in [0.1, 0.15) is 0 Å². The maximum atomic E-state index is 12.6. The van der Waals surface area contributed by atoms with Gasteiger partial charge >= 0.3 is 0 Å². The number of pyridine rings is 1. The highest BCUT2D eigenvalue weighted by atomic mass is 79.9. The molecule has 1 aromatic heterocycles. The smallest absolute Gasteiger partial charge is 0.254 e. The molecule has 1 N–H and O–H groups in total. The summed E-state index contributed by atoms with van der Waals surface area (Å²) in [6, 6.07) is 11.0. The maximum Gasteiger partial charge on any atom is 0.254 e. The molecule has 0 atom stereocenters. The fourth-order valence-corrected chi connectivity index (χ4v) is 3.44. The lowest BCUT2D eigenvalue weighted by Gasteiger charge is -2.32. The van der Waals surface area contributed by atoms with Gasteiger partial charge in [0.05, 0.1) is 11.1 Å². The minimum absolute atomic E-state index is 0.0605. The average Bonchev–Trinajstić information content (AvgIpc) is 2.67. The Morgan fingerprint density at radius 2 is 1.92 bits per heavy atom. The molecule has 1 aromatic carbocycles. The van der Waals surface area contributed by atoms with Gasteiger partial charge in [-0.1, -0.05) is 12.1 Å². The minimum atomic E-state index is -0.0974. The molecule has 25 heavy (non-hydrogen) atoms. The number of nitrogens with one attached hydrogen (secondary N) is 1. The number of carbonyl (C=O) groups excluding carboxylic acids is 2. The summed E-state index contributed by atoms with van der Waals surface area (Å²) in [6.45, 7) is 2.06. The van der Waals surface area contributed by atoms with E-state index in [2.05, 4.69) is 26.2 Å². The lowest BCUT2D eigenvalue weighted by atomic mass is 9.96. The second kappa shape index (κ2) is 8.25. The van der Waals surface area contributed by atoms with Crippen molar-refractivity contribution in [1.82, 2.24) is 15.2 Å². The third-order valence-corrected chi connectivity index (χ3v) is 5.17. The van der Waals surface area contributed by atoms with Crippen LogP contribution in [0.15, 0.2) is 53.3 Å². The zero-order valence-electron chi connectivity index (χ0n) is 13.8. The molecule has 0 unspecified atom stereocenters. The van der Waals surface area contributed by atoms with Gasteiger partial charge in [-0.3, -0.25) is 14.6 Å². The Kier molecular flexibility index (Phi) is 5.81. The number of halogens is 1. The van der Waals surface area contributed by atoms with E-state index in [-0.39, 0.29) is 11.8 Å². The molecular weight excluding hydrogens is 382 g/mol. The standard InChI is InChI=1S/C19H20BrN3O2/c20-17-6-2-1-5-16(17)19(25)23-10-7-14(8-11-23)12-22-18(24)15-4-3-9-21-13-15/h1-6,9,13-14H,7-8,10-12H2,(H,22,24). The van der Waals surface area contributed by atoms with Gasteiger partial charge in [-0.2, -0.15) is 0 Å². The molecule has 2 amide bonds. The molecule has 2 heterocycles. The van der Waals surface area contributed by atoms with E-state index < -0.39 is 0 Å². The van der Waals surface area contributed by atoms with Crippen LogP contribution in [-0.4, -0.2) is 41.3 Å². The maximum absolute atomic E-state index is 12.6. The summed E-state index contributed by atoms with van der Waals surface area (Å²) in [5, 5.41) is 2.96. The predicted octanol–water partition coefficient (Wildman–Crippen LogP) is 3.13. The predicted molar refractivity (Wildman–Crippen MR) is 99.3 cm³/mol. The van der Waals surface area contributed by atoms with Crippen LogP contribution >= 0.6 is 15.9 Å². The van der Waals surface area contributed by atoms with Crippen molar-refractivity contribution in [2.24, 2.45) is 5.92 Å². The zero-order valence-corrected chi connectivity index (χ0v) is 15.4. The van der Waals surface area contributed by atoms with Crippen LogP contribution in [-0.2, 0) is 0 Å². The van der Waals surface area contributed by atoms with E-state index in [1.807, 2.05) is 29.2 Å². The van der Waals surface area contributed by atoms with Crippen molar-refractivity contribution in [2.75, 3.05) is 19.6 Å². The molecule has 5 nitrogen and oxygen atoms in total. The molecule has 1 aliphatic heterocycles. The number of likely N-dealkylation sites (tertiary alicyclic amines) is 1. The molecule has 130 valence electrons. The second-order valence-corrected chi connectivity index (χ2v) is 7.02. The number of benzene rings is 1. The van der Waals surface area contributed by atoms with Gasteiger partial charge in [0.15, 0.2) is 0 Å². The first-order chi connectivity index (χ1) is 12.1. The Morgan fingerprint density at radius 1 is 1.16 bits per heavy atom. The number of hydrogen-bond acceptors (Lipinski definition) is 3. The highest BCUT2D eigenvalue weighted by Gasteiger charge is 2.24. The molecule has 0 radical (unpaired) electrons. The van der Waals surface area contributed by atoms with Crippen LogP contribution in [0.5, 0.6) is 0 Å². The highest BCUT2D eigenvalue weighted by Crippen LogP contribution is 2.22. The monoisotopic (exact) mass is 401 g/mol. The van der Waals surface area contributed by atoms with Gasteiger partial charge in [-0.25, -0.2) is 0 Å². The molecule has 0 spiro atoms. The third kappa shape index (κ3) is 4.45. The quantitative estimate of drug-likeness (QED) is 0.855. The Bertz CT molecular complexity index is 743. The van der Waals surface area contributed by atoms with Crippen molar-refractivity contribution in [1.29, 1.82) is 0 Å². The molecule has 0 aliphatic carbocycles. The molecule has 1 fully saturated rings. The summed E-state index contributed by atoms with van der Waals surface area (Å²) in [5.74, 6) is 0.356. The minimum Gasteiger partial charge on any atom is -0.352 e. The van der Waals surface area contributed by atoms with Crippen molar-refractivity contribution < 1.29 is 9.59 Å². The lowest BCUT2D eigenvalue weighted by molar-refractivity contribution is 0.0683. The van der Waals surface area contributed by atoms with Gasteiger partial charge in [0.25, 0.3) is 11.8 Å². The lowest BCUT2D eigenvalue weighted by Crippen LogP contribution is -2.41. The SMILES string of the molecule is O=C(NCC1CCN(C(=O)c2ccccc2Br)CC1)c1cccnc1. The molecule has 0 saturated carbocycles. The van der Waals surface area contributed by atoms with Crippen LogP contribution in [0.2, 0.25) is 0 Å². The van der Waals surface area contributed by atoms with Crippen molar-refractivity contribution >= 4 is 27.7 Å². The summed E-state index contributed by atoms with van der Waals surface area (Å²) < 4.78 is 0.825. The van der Waals surface area contributed by atoms with E-state index in [1.165, 1.54) is 0 Å². The Balaban J connectivity index is 1.48. The highest BCUT2D eigenvalue weighted by molar-refractivity contribution is 9.10. The van der Waals surface area contributed by atoms with Crippen LogP contribution in [0, 0.1) is 5.92 Å². The molecular formula is C19H20BrN3O2. The van der Waals surface area contributed by atoms with Crippen LogP contribution in [0.1, 0.15) is 33.6 Å². The largest absolute Gasteiger partial charge is 0.352 e. The van der Waals surface area contributed by atoms with Crippen molar-refractivity contribution in [3.63, 3.8) is 0 Å². The van der Waals surface area contributed by atoms with E-state index in [9.17, 15) is 9.59 Å². The number of aromatic nitrogens is 1. The number of rotatable bonds is 4. The summed E-state index contributed by atoms with van der Waals surface area (Å²) in [4.78, 5) is 30.5. The van der Waals surface area contributed by atoms with E-state index in [4.69, 9.17) is 0 Å². The van der Waals surface area contributed by atoms with E-state index in [0.29, 0.717) is 36.7 Å². The summed E-state index contributed by atoms with van der Waals surface area (Å²) in [7, 11) is 0. The number of carbonyl (C=O) groups is 2. The fraction of sp³-hybridized carbons (Fsp3) is 0.316. The molecule has 1 aliphatic rings. The average molecular weight is 402 g/mol. The Morgan fingerprint density at radius 3 is 2.60 bits per heavy atom. The van der Waals surface area contributed by atoms with Crippen LogP contribution < -0.4 is 5.32 Å². The second-order valence-electron chi connectivity index (χ2n) is 6.17. The topological polar surface area (TPSA) is 62.3 Å². The van der Waals surface area contributed by atoms with Gasteiger partial charge in [0, 0.05) is 36.5 Å². The van der Waals surface area contributed by atoms with E-state index in [1.54, 1.807) is 24.5 Å². The number of nitrogens with zero attached hydrogens (tertiary/aromatic N) is 2. The number of piperidine rings is 1. The van der Waals surface area contributed by atoms with Gasteiger partial charge < -0.3 is 10.2 Å². The Labute approximate surface area is 155 Å². The number of amides is 2. The summed E-state index contributed by atoms with van der Waals surface area (Å²) >= 11 is 3.44. The first-order valence-electron chi connectivity index (χ1n) is 8.37. The van der Waals surface area contributed by atoms with Gasteiger partial charge in [-0.05, 0) is 59.0 Å². The van der Waals surface area contributed by atoms with Crippen molar-refractivity contribution in [2.45, 2.75) is 12.8 Å². The molecule has 2 aromatic rings. The third-order valence-electron chi connectivity index (χ3n) is 4.48. The van der Waals surface area contributed by atoms with Crippen molar-refractivity contribution in [3.05, 3.63) is 64.4 Å². The summed E-state index contributed by atoms with van der Waals surface area (Å²) in [6.07, 6.45) is 5.00. The summed E-state index contributed by atoms with van der Waals surface area (Å²) in [5.41, 5.74) is 1.27. The van der Waals surface area contributed by atoms with Crippen LogP contribution in [0.4, 0.5) is 0 Å². The van der Waals surface area contributed by atoms with E-state index in [0.717, 1.165) is 17.3 Å². The van der Waals surface area contributed by atoms with Crippen LogP contribution in [0.3, 0.4) is 0 Å². The van der Waals surface area contributed by atoms with Gasteiger partial charge in [-0.15, -0.1) is 0 Å². The molecule has 1 saturated heterocycles. The first kappa shape index (κ1) is 17.6. The number of hydrogen-bond donors (Lipinski definition) is 1. The fourth-order valence-electron chi connectivity index (χ4n) is 2.98. The Hall–Kier alpha value is -2.21. The van der Waals surface area contributed by atoms with Crippen LogP contribution in [0.25, 0.3) is 0 Å². The normalized spacial score (nSPS) is 15.0. The zero-order chi connectivity index (χ0) is 17.6. The first-order valence-corrected chi connectivity index (χ1v) is 9.16. The molecule has 3 rings (SSSR count). The molecule has 0 bridgehead atoms. The molecule has 6 heteroatoms.